The normalized spacial score (nSPS) is 11.2. The molecule has 0 bridgehead atoms. The third-order valence-electron chi connectivity index (χ3n) is 3.28. The summed E-state index contributed by atoms with van der Waals surface area (Å²) in [5.74, 6) is 1.39. The molecule has 21 heavy (non-hydrogen) atoms. The zero-order valence-corrected chi connectivity index (χ0v) is 12.9. The van der Waals surface area contributed by atoms with E-state index in [9.17, 15) is 0 Å². The van der Waals surface area contributed by atoms with Gasteiger partial charge in [-0.1, -0.05) is 32.9 Å². The molecule has 0 saturated carbocycles. The number of rotatable bonds is 3. The summed E-state index contributed by atoms with van der Waals surface area (Å²) in [5.41, 5.74) is 8.30. The molecule has 0 spiro atoms. The fourth-order valence-electron chi connectivity index (χ4n) is 1.96. The highest BCUT2D eigenvalue weighted by Gasteiger charge is 2.15. The van der Waals surface area contributed by atoms with Gasteiger partial charge in [0.15, 0.2) is 0 Å². The Balaban J connectivity index is 2.22. The van der Waals surface area contributed by atoms with Crippen molar-refractivity contribution in [1.29, 1.82) is 5.41 Å². The summed E-state index contributed by atoms with van der Waals surface area (Å²) in [6, 6.07) is 9.65. The van der Waals surface area contributed by atoms with Crippen LogP contribution < -0.4 is 10.5 Å². The lowest BCUT2D eigenvalue weighted by Gasteiger charge is -2.20. The van der Waals surface area contributed by atoms with Crippen molar-refractivity contribution in [2.75, 3.05) is 0 Å². The fourth-order valence-corrected chi connectivity index (χ4v) is 1.96. The van der Waals surface area contributed by atoms with Crippen molar-refractivity contribution in [2.45, 2.75) is 33.1 Å². The number of pyridine rings is 1. The molecule has 0 radical (unpaired) electrons. The number of aryl methyl sites for hydroxylation is 1. The third kappa shape index (κ3) is 3.60. The molecular weight excluding hydrogens is 262 g/mol. The van der Waals surface area contributed by atoms with E-state index in [1.165, 1.54) is 5.56 Å². The molecule has 4 heteroatoms. The number of benzene rings is 1. The molecule has 0 atom stereocenters. The smallest absolute Gasteiger partial charge is 0.145 e. The first-order valence-corrected chi connectivity index (χ1v) is 6.87. The summed E-state index contributed by atoms with van der Waals surface area (Å²) in [7, 11) is 0. The summed E-state index contributed by atoms with van der Waals surface area (Å²) < 4.78 is 5.84. The number of hydrogen-bond acceptors (Lipinski definition) is 3. The Hall–Kier alpha value is -2.36. The maximum Gasteiger partial charge on any atom is 0.145 e. The lowest BCUT2D eigenvalue weighted by atomic mass is 9.86. The number of amidine groups is 1. The monoisotopic (exact) mass is 283 g/mol. The summed E-state index contributed by atoms with van der Waals surface area (Å²) in [4.78, 5) is 4.09. The van der Waals surface area contributed by atoms with Gasteiger partial charge in [0.2, 0.25) is 0 Å². The SMILES string of the molecule is Cc1cc(C(C)(C)C)ccc1Oc1ccc(C(=N)N)nc1. The van der Waals surface area contributed by atoms with E-state index in [1.54, 1.807) is 18.3 Å². The van der Waals surface area contributed by atoms with Gasteiger partial charge in [-0.25, -0.2) is 4.98 Å². The molecule has 0 amide bonds. The van der Waals surface area contributed by atoms with E-state index >= 15 is 0 Å². The fraction of sp³-hybridized carbons (Fsp3) is 0.294. The molecule has 2 rings (SSSR count). The van der Waals surface area contributed by atoms with Gasteiger partial charge in [0.05, 0.1) is 6.20 Å². The zero-order chi connectivity index (χ0) is 15.6. The largest absolute Gasteiger partial charge is 0.455 e. The number of nitrogen functional groups attached to an aromatic ring is 1. The van der Waals surface area contributed by atoms with Crippen molar-refractivity contribution in [3.05, 3.63) is 53.3 Å². The molecule has 0 fully saturated rings. The van der Waals surface area contributed by atoms with Gasteiger partial charge in [0.1, 0.15) is 23.0 Å². The van der Waals surface area contributed by atoms with E-state index in [0.29, 0.717) is 11.4 Å². The lowest BCUT2D eigenvalue weighted by molar-refractivity contribution is 0.475. The van der Waals surface area contributed by atoms with E-state index in [2.05, 4.69) is 37.9 Å². The minimum Gasteiger partial charge on any atom is -0.455 e. The van der Waals surface area contributed by atoms with E-state index in [-0.39, 0.29) is 11.3 Å². The van der Waals surface area contributed by atoms with Gasteiger partial charge in [0, 0.05) is 0 Å². The molecule has 1 aromatic carbocycles. The number of nitrogens with zero attached hydrogens (tertiary/aromatic N) is 1. The van der Waals surface area contributed by atoms with Crippen LogP contribution >= 0.6 is 0 Å². The van der Waals surface area contributed by atoms with E-state index in [0.717, 1.165) is 11.3 Å². The molecule has 3 N–H and O–H groups in total. The van der Waals surface area contributed by atoms with Crippen LogP contribution in [0.5, 0.6) is 11.5 Å². The molecular formula is C17H21N3O. The number of aromatic nitrogens is 1. The Morgan fingerprint density at radius 3 is 2.38 bits per heavy atom. The van der Waals surface area contributed by atoms with Crippen LogP contribution in [-0.4, -0.2) is 10.8 Å². The van der Waals surface area contributed by atoms with Gasteiger partial charge < -0.3 is 10.5 Å². The number of hydrogen-bond donors (Lipinski definition) is 2. The van der Waals surface area contributed by atoms with Crippen LogP contribution in [0, 0.1) is 12.3 Å². The summed E-state index contributed by atoms with van der Waals surface area (Å²) in [5, 5.41) is 7.32. The van der Waals surface area contributed by atoms with Gasteiger partial charge in [-0.15, -0.1) is 0 Å². The third-order valence-corrected chi connectivity index (χ3v) is 3.28. The highest BCUT2D eigenvalue weighted by atomic mass is 16.5. The molecule has 1 heterocycles. The summed E-state index contributed by atoms with van der Waals surface area (Å²) >= 11 is 0. The quantitative estimate of drug-likeness (QED) is 0.665. The lowest BCUT2D eigenvalue weighted by Crippen LogP contribution is -2.12. The van der Waals surface area contributed by atoms with Crippen molar-refractivity contribution in [2.24, 2.45) is 5.73 Å². The first kappa shape index (κ1) is 15.0. The van der Waals surface area contributed by atoms with Crippen LogP contribution in [-0.2, 0) is 5.41 Å². The minimum absolute atomic E-state index is 0.0488. The van der Waals surface area contributed by atoms with Gasteiger partial charge in [-0.3, -0.25) is 5.41 Å². The molecule has 0 aliphatic rings. The topological polar surface area (TPSA) is 72.0 Å². The molecule has 4 nitrogen and oxygen atoms in total. The maximum atomic E-state index is 7.32. The Kier molecular flexibility index (Phi) is 3.98. The molecule has 1 aromatic heterocycles. The maximum absolute atomic E-state index is 7.32. The second kappa shape index (κ2) is 5.56. The molecule has 0 aliphatic heterocycles. The number of nitrogens with two attached hydrogens (primary N) is 1. The van der Waals surface area contributed by atoms with E-state index in [4.69, 9.17) is 15.9 Å². The summed E-state index contributed by atoms with van der Waals surface area (Å²) in [6.07, 6.45) is 1.58. The first-order chi connectivity index (χ1) is 9.77. The molecule has 0 aliphatic carbocycles. The predicted molar refractivity (Wildman–Crippen MR) is 85.2 cm³/mol. The van der Waals surface area contributed by atoms with Crippen LogP contribution in [0.3, 0.4) is 0 Å². The Morgan fingerprint density at radius 1 is 1.19 bits per heavy atom. The molecule has 0 unspecified atom stereocenters. The zero-order valence-electron chi connectivity index (χ0n) is 12.9. The predicted octanol–water partition coefficient (Wildman–Crippen LogP) is 3.76. The van der Waals surface area contributed by atoms with Crippen LogP contribution in [0.4, 0.5) is 0 Å². The highest BCUT2D eigenvalue weighted by Crippen LogP contribution is 2.30. The van der Waals surface area contributed by atoms with Gasteiger partial charge >= 0.3 is 0 Å². The van der Waals surface area contributed by atoms with Crippen LogP contribution in [0.2, 0.25) is 0 Å². The van der Waals surface area contributed by atoms with Gasteiger partial charge in [-0.05, 0) is 41.7 Å². The Morgan fingerprint density at radius 2 is 1.90 bits per heavy atom. The van der Waals surface area contributed by atoms with Crippen molar-refractivity contribution in [1.82, 2.24) is 4.98 Å². The first-order valence-electron chi connectivity index (χ1n) is 6.87. The van der Waals surface area contributed by atoms with Crippen LogP contribution in [0.25, 0.3) is 0 Å². The van der Waals surface area contributed by atoms with Gasteiger partial charge in [0.25, 0.3) is 0 Å². The summed E-state index contributed by atoms with van der Waals surface area (Å²) in [6.45, 7) is 8.59. The number of ether oxygens (including phenoxy) is 1. The molecule has 110 valence electrons. The standard InChI is InChI=1S/C17H21N3O/c1-11-9-12(17(2,3)4)5-8-15(11)21-13-6-7-14(16(18)19)20-10-13/h5-10H,1-4H3,(H3,18,19). The van der Waals surface area contributed by atoms with Gasteiger partial charge in [-0.2, -0.15) is 0 Å². The highest BCUT2D eigenvalue weighted by molar-refractivity contribution is 5.92. The van der Waals surface area contributed by atoms with E-state index < -0.39 is 0 Å². The van der Waals surface area contributed by atoms with Crippen molar-refractivity contribution in [3.63, 3.8) is 0 Å². The van der Waals surface area contributed by atoms with Crippen LogP contribution in [0.1, 0.15) is 37.6 Å². The minimum atomic E-state index is -0.0488. The second-order valence-electron chi connectivity index (χ2n) is 6.13. The molecule has 2 aromatic rings. The number of nitrogens with one attached hydrogen (secondary N) is 1. The van der Waals surface area contributed by atoms with Crippen molar-refractivity contribution < 1.29 is 4.74 Å². The Bertz CT molecular complexity index is 655. The average Bonchev–Trinajstić information content (AvgIpc) is 2.40. The van der Waals surface area contributed by atoms with Crippen molar-refractivity contribution in [3.8, 4) is 11.5 Å². The Labute approximate surface area is 125 Å². The molecule has 0 saturated heterocycles. The van der Waals surface area contributed by atoms with Crippen molar-refractivity contribution >= 4 is 5.84 Å². The van der Waals surface area contributed by atoms with E-state index in [1.807, 2.05) is 13.0 Å². The average molecular weight is 283 g/mol. The second-order valence-corrected chi connectivity index (χ2v) is 6.13. The van der Waals surface area contributed by atoms with Crippen LogP contribution in [0.15, 0.2) is 36.5 Å².